The van der Waals surface area contributed by atoms with Crippen LogP contribution in [0.25, 0.3) is 15.2 Å². The van der Waals surface area contributed by atoms with E-state index in [0.717, 1.165) is 20.5 Å². The van der Waals surface area contributed by atoms with Gasteiger partial charge < -0.3 is 5.32 Å². The number of carbonyl (C=O) groups is 1. The molecule has 0 bridgehead atoms. The van der Waals surface area contributed by atoms with Gasteiger partial charge in [-0.05, 0) is 30.5 Å². The molecule has 1 amide bonds. The smallest absolute Gasteiger partial charge is 0.233 e. The topological polar surface area (TPSA) is 59.3 Å². The number of thiophene rings is 1. The summed E-state index contributed by atoms with van der Waals surface area (Å²) in [4.78, 5) is 14.3. The maximum absolute atomic E-state index is 12.3. The summed E-state index contributed by atoms with van der Waals surface area (Å²) in [5.74, 6) is 0.00434. The zero-order valence-corrected chi connectivity index (χ0v) is 15.3. The van der Waals surface area contributed by atoms with E-state index in [-0.39, 0.29) is 11.2 Å². The molecule has 5 nitrogen and oxygen atoms in total. The highest BCUT2D eigenvalue weighted by Gasteiger charge is 2.19. The number of nitrogens with one attached hydrogen (secondary N) is 1. The molecule has 0 unspecified atom stereocenters. The van der Waals surface area contributed by atoms with Crippen molar-refractivity contribution in [1.82, 2.24) is 19.9 Å². The second-order valence-electron chi connectivity index (χ2n) is 5.23. The highest BCUT2D eigenvalue weighted by Crippen LogP contribution is 2.31. The fraction of sp³-hybridized carbons (Fsp3) is 0.188. The minimum absolute atomic E-state index is 0.00434. The lowest BCUT2D eigenvalue weighted by atomic mass is 10.3. The van der Waals surface area contributed by atoms with Crippen LogP contribution in [0.5, 0.6) is 0 Å². The largest absolute Gasteiger partial charge is 0.350 e. The Morgan fingerprint density at radius 2 is 2.17 bits per heavy atom. The summed E-state index contributed by atoms with van der Waals surface area (Å²) in [5, 5.41) is 14.0. The van der Waals surface area contributed by atoms with Crippen LogP contribution in [0.2, 0.25) is 0 Å². The summed E-state index contributed by atoms with van der Waals surface area (Å²) in [7, 11) is 0. The van der Waals surface area contributed by atoms with Crippen LogP contribution in [0.1, 0.15) is 11.8 Å². The average molecular weight is 375 g/mol. The molecule has 4 rings (SSSR count). The van der Waals surface area contributed by atoms with Crippen molar-refractivity contribution < 1.29 is 4.79 Å². The first-order valence-corrected chi connectivity index (χ1v) is 9.99. The van der Waals surface area contributed by atoms with E-state index in [9.17, 15) is 4.79 Å². The average Bonchev–Trinajstić information content (AvgIpc) is 3.30. The zero-order chi connectivity index (χ0) is 16.5. The van der Waals surface area contributed by atoms with Crippen LogP contribution in [-0.2, 0) is 11.3 Å². The summed E-state index contributed by atoms with van der Waals surface area (Å²) < 4.78 is 3.19. The molecule has 24 heavy (non-hydrogen) atoms. The quantitative estimate of drug-likeness (QED) is 0.540. The summed E-state index contributed by atoms with van der Waals surface area (Å²) >= 11 is 4.68. The van der Waals surface area contributed by atoms with Gasteiger partial charge in [0.05, 0.1) is 22.0 Å². The third-order valence-corrected chi connectivity index (χ3v) is 6.51. The number of hydrogen-bond donors (Lipinski definition) is 1. The maximum atomic E-state index is 12.3. The number of fused-ring (bicyclic) bond motifs is 3. The van der Waals surface area contributed by atoms with Gasteiger partial charge in [-0.1, -0.05) is 41.3 Å². The number of carbonyl (C=O) groups excluding carboxylic acids is 1. The molecular weight excluding hydrogens is 360 g/mol. The number of benzene rings is 1. The number of thioether (sulfide) groups is 1. The van der Waals surface area contributed by atoms with Gasteiger partial charge in [-0.15, -0.1) is 21.5 Å². The van der Waals surface area contributed by atoms with E-state index >= 15 is 0 Å². The highest BCUT2D eigenvalue weighted by atomic mass is 32.2. The highest BCUT2D eigenvalue weighted by molar-refractivity contribution is 8.00. The molecule has 0 aliphatic carbocycles. The molecule has 0 saturated carbocycles. The predicted octanol–water partition coefficient (Wildman–Crippen LogP) is 3.80. The third-order valence-electron chi connectivity index (χ3n) is 3.58. The summed E-state index contributed by atoms with van der Waals surface area (Å²) in [6.07, 6.45) is 0. The van der Waals surface area contributed by atoms with E-state index in [1.54, 1.807) is 22.7 Å². The molecule has 0 aliphatic rings. The SMILES string of the molecule is C[C@@H](Sc1nnc2sc3ccccc3n12)C(=O)NCc1cccs1. The van der Waals surface area contributed by atoms with Crippen molar-refractivity contribution in [2.24, 2.45) is 0 Å². The second kappa shape index (κ2) is 6.54. The zero-order valence-electron chi connectivity index (χ0n) is 12.8. The fourth-order valence-corrected chi connectivity index (χ4v) is 4.93. The van der Waals surface area contributed by atoms with E-state index in [1.807, 2.05) is 47.0 Å². The Balaban J connectivity index is 1.52. The van der Waals surface area contributed by atoms with Crippen molar-refractivity contribution >= 4 is 55.5 Å². The fourth-order valence-electron chi connectivity index (χ4n) is 2.37. The van der Waals surface area contributed by atoms with Crippen LogP contribution in [0.3, 0.4) is 0 Å². The minimum Gasteiger partial charge on any atom is -0.350 e. The minimum atomic E-state index is -0.240. The van der Waals surface area contributed by atoms with E-state index < -0.39 is 0 Å². The van der Waals surface area contributed by atoms with Gasteiger partial charge in [0, 0.05) is 4.88 Å². The lowest BCUT2D eigenvalue weighted by Gasteiger charge is -2.10. The normalized spacial score (nSPS) is 12.7. The Morgan fingerprint density at radius 1 is 1.29 bits per heavy atom. The molecule has 0 radical (unpaired) electrons. The standard InChI is InChI=1S/C16H14N4OS3/c1-10(14(21)17-9-11-5-4-8-22-11)23-15-18-19-16-20(15)12-6-2-3-7-13(12)24-16/h2-8,10H,9H2,1H3,(H,17,21)/t10-/m1/s1. The van der Waals surface area contributed by atoms with Gasteiger partial charge in [0.1, 0.15) is 0 Å². The molecule has 3 heterocycles. The van der Waals surface area contributed by atoms with Gasteiger partial charge in [-0.25, -0.2) is 0 Å². The number of aromatic nitrogens is 3. The number of para-hydroxylation sites is 1. The van der Waals surface area contributed by atoms with E-state index in [0.29, 0.717) is 6.54 Å². The number of rotatable bonds is 5. The molecule has 122 valence electrons. The number of amides is 1. The molecular formula is C16H14N4OS3. The third kappa shape index (κ3) is 2.92. The van der Waals surface area contributed by atoms with Crippen LogP contribution < -0.4 is 5.32 Å². The Morgan fingerprint density at radius 3 is 3.00 bits per heavy atom. The van der Waals surface area contributed by atoms with Gasteiger partial charge in [0.2, 0.25) is 10.9 Å². The van der Waals surface area contributed by atoms with E-state index in [4.69, 9.17) is 0 Å². The molecule has 1 atom stereocenters. The van der Waals surface area contributed by atoms with E-state index in [2.05, 4.69) is 21.6 Å². The van der Waals surface area contributed by atoms with Crippen LogP contribution >= 0.6 is 34.4 Å². The van der Waals surface area contributed by atoms with Crippen LogP contribution in [0.4, 0.5) is 0 Å². The lowest BCUT2D eigenvalue weighted by Crippen LogP contribution is -2.30. The monoisotopic (exact) mass is 374 g/mol. The molecule has 0 fully saturated rings. The lowest BCUT2D eigenvalue weighted by molar-refractivity contribution is -0.120. The Labute approximate surface area is 150 Å². The molecule has 8 heteroatoms. The predicted molar refractivity (Wildman–Crippen MR) is 99.9 cm³/mol. The van der Waals surface area contributed by atoms with Crippen molar-refractivity contribution in [2.75, 3.05) is 0 Å². The van der Waals surface area contributed by atoms with Crippen molar-refractivity contribution in [3.05, 3.63) is 46.7 Å². The van der Waals surface area contributed by atoms with Gasteiger partial charge in [-0.2, -0.15) is 0 Å². The van der Waals surface area contributed by atoms with E-state index in [1.165, 1.54) is 16.5 Å². The van der Waals surface area contributed by atoms with Crippen molar-refractivity contribution in [2.45, 2.75) is 23.9 Å². The Hall–Kier alpha value is -1.90. The van der Waals surface area contributed by atoms with Crippen molar-refractivity contribution in [3.8, 4) is 0 Å². The van der Waals surface area contributed by atoms with Gasteiger partial charge in [0.25, 0.3) is 0 Å². The summed E-state index contributed by atoms with van der Waals surface area (Å²) in [5.41, 5.74) is 1.08. The van der Waals surface area contributed by atoms with Gasteiger partial charge in [0.15, 0.2) is 5.16 Å². The molecule has 1 aromatic carbocycles. The number of nitrogens with zero attached hydrogens (tertiary/aromatic N) is 3. The Kier molecular flexibility index (Phi) is 4.26. The van der Waals surface area contributed by atoms with Crippen molar-refractivity contribution in [3.63, 3.8) is 0 Å². The molecule has 0 aliphatic heterocycles. The molecule has 3 aromatic heterocycles. The first-order chi connectivity index (χ1) is 11.7. The van der Waals surface area contributed by atoms with Gasteiger partial charge >= 0.3 is 0 Å². The molecule has 0 spiro atoms. The number of thiazole rings is 1. The summed E-state index contributed by atoms with van der Waals surface area (Å²) in [6.45, 7) is 2.46. The maximum Gasteiger partial charge on any atom is 0.233 e. The first kappa shape index (κ1) is 15.6. The molecule has 4 aromatic rings. The summed E-state index contributed by atoms with van der Waals surface area (Å²) in [6, 6.07) is 12.1. The van der Waals surface area contributed by atoms with Crippen LogP contribution in [-0.4, -0.2) is 25.8 Å². The van der Waals surface area contributed by atoms with Gasteiger partial charge in [-0.3, -0.25) is 9.20 Å². The molecule has 1 N–H and O–H groups in total. The number of hydrogen-bond acceptors (Lipinski definition) is 6. The Bertz CT molecular complexity index is 989. The van der Waals surface area contributed by atoms with Crippen LogP contribution in [0.15, 0.2) is 46.9 Å². The van der Waals surface area contributed by atoms with Crippen LogP contribution in [0, 0.1) is 0 Å². The first-order valence-electron chi connectivity index (χ1n) is 7.42. The second-order valence-corrected chi connectivity index (χ2v) is 8.58. The van der Waals surface area contributed by atoms with Crippen molar-refractivity contribution in [1.29, 1.82) is 0 Å². The molecule has 0 saturated heterocycles.